The van der Waals surface area contributed by atoms with E-state index in [0.717, 1.165) is 15.1 Å². The third-order valence-corrected chi connectivity index (χ3v) is 2.50. The zero-order chi connectivity index (χ0) is 13.4. The normalized spacial score (nSPS) is 12.8. The van der Waals surface area contributed by atoms with Crippen molar-refractivity contribution in [2.45, 2.75) is 0 Å². The molecule has 10 nitrogen and oxygen atoms in total. The molecular formula is C9H2N10. The molecule has 3 heterocycles. The van der Waals surface area contributed by atoms with Crippen molar-refractivity contribution in [3.63, 3.8) is 0 Å². The summed E-state index contributed by atoms with van der Waals surface area (Å²) in [5, 5.41) is 41.2. The fourth-order valence-electron chi connectivity index (χ4n) is 1.77. The van der Waals surface area contributed by atoms with Gasteiger partial charge in [-0.25, -0.2) is 4.98 Å². The maximum Gasteiger partial charge on any atom is 0.224 e. The molecule has 0 saturated heterocycles. The van der Waals surface area contributed by atoms with E-state index in [2.05, 4.69) is 20.4 Å². The van der Waals surface area contributed by atoms with Crippen LogP contribution in [-0.4, -0.2) is 25.5 Å². The second kappa shape index (κ2) is 3.65. The summed E-state index contributed by atoms with van der Waals surface area (Å²) in [6, 6.07) is 1.53. The molecule has 2 aromatic heterocycles. The fraction of sp³-hybridized carbons (Fsp3) is 0. The highest BCUT2D eigenvalue weighted by Crippen LogP contribution is 2.36. The van der Waals surface area contributed by atoms with Crippen molar-refractivity contribution in [3.05, 3.63) is 12.3 Å². The lowest BCUT2D eigenvalue weighted by atomic mass is 10.2. The number of hydrazine groups is 2. The van der Waals surface area contributed by atoms with Gasteiger partial charge in [-0.2, -0.15) is 20.8 Å². The second-order valence-electron chi connectivity index (χ2n) is 3.35. The molecule has 2 aromatic rings. The molecule has 0 aromatic carbocycles. The fourth-order valence-corrected chi connectivity index (χ4v) is 1.77. The first-order chi connectivity index (χ1) is 9.31. The highest BCUT2D eigenvalue weighted by atomic mass is 15.9. The van der Waals surface area contributed by atoms with Crippen LogP contribution in [0, 0.1) is 34.4 Å². The van der Waals surface area contributed by atoms with E-state index in [1.807, 2.05) is 6.19 Å². The van der Waals surface area contributed by atoms with Gasteiger partial charge in [-0.15, -0.1) is 15.2 Å². The maximum atomic E-state index is 9.15. The van der Waals surface area contributed by atoms with E-state index in [0.29, 0.717) is 11.1 Å². The van der Waals surface area contributed by atoms with E-state index in [4.69, 9.17) is 15.8 Å². The molecule has 0 N–H and O–H groups in total. The summed E-state index contributed by atoms with van der Waals surface area (Å²) in [6.07, 6.45) is 6.72. The van der Waals surface area contributed by atoms with Crippen LogP contribution in [-0.2, 0) is 0 Å². The average Bonchev–Trinajstić information content (AvgIpc) is 2.47. The van der Waals surface area contributed by atoms with Gasteiger partial charge in [0.05, 0.1) is 11.1 Å². The summed E-state index contributed by atoms with van der Waals surface area (Å²) in [6.45, 7) is 0. The lowest BCUT2D eigenvalue weighted by Crippen LogP contribution is -2.49. The third-order valence-electron chi connectivity index (χ3n) is 2.50. The van der Waals surface area contributed by atoms with E-state index in [1.165, 1.54) is 12.3 Å². The van der Waals surface area contributed by atoms with Gasteiger partial charge in [-0.1, -0.05) is 5.12 Å². The first-order valence-electron chi connectivity index (χ1n) is 4.89. The molecule has 0 fully saturated rings. The van der Waals surface area contributed by atoms with Crippen LogP contribution in [0.25, 0.3) is 11.0 Å². The number of nitriles is 3. The van der Waals surface area contributed by atoms with E-state index >= 15 is 0 Å². The van der Waals surface area contributed by atoms with Crippen LogP contribution in [0.5, 0.6) is 0 Å². The van der Waals surface area contributed by atoms with Gasteiger partial charge in [0.25, 0.3) is 0 Å². The minimum absolute atomic E-state index is 0.101. The Balaban J connectivity index is 2.45. The molecule has 88 valence electrons. The lowest BCUT2D eigenvalue weighted by molar-refractivity contribution is 0.400. The molecule has 0 bridgehead atoms. The number of aromatic nitrogens is 4. The standard InChI is InChI=1S/C9H2N10/c10-3-17-6-1-2-13-8-7(6)9(15-16-14-8)18(4-11)19(17)5-12/h1-2H. The van der Waals surface area contributed by atoms with Gasteiger partial charge >= 0.3 is 0 Å². The van der Waals surface area contributed by atoms with E-state index in [9.17, 15) is 0 Å². The topological polar surface area (TPSA) is 133 Å². The number of hydrogen-bond donors (Lipinski definition) is 0. The Hall–Kier alpha value is -3.71. The Bertz CT molecular complexity index is 736. The van der Waals surface area contributed by atoms with Crippen molar-refractivity contribution in [1.82, 2.24) is 25.5 Å². The molecule has 0 saturated carbocycles. The molecule has 0 unspecified atom stereocenters. The molecule has 0 amide bonds. The minimum atomic E-state index is 0.101. The van der Waals surface area contributed by atoms with Crippen LogP contribution in [0.15, 0.2) is 12.3 Å². The quantitative estimate of drug-likeness (QED) is 0.569. The van der Waals surface area contributed by atoms with Gasteiger partial charge in [0, 0.05) is 6.20 Å². The number of nitrogens with zero attached hydrogens (tertiary/aromatic N) is 10. The number of pyridine rings is 1. The summed E-state index contributed by atoms with van der Waals surface area (Å²) >= 11 is 0. The first-order valence-corrected chi connectivity index (χ1v) is 4.89. The summed E-state index contributed by atoms with van der Waals surface area (Å²) < 4.78 is 0. The number of hydrogen-bond acceptors (Lipinski definition) is 10. The summed E-state index contributed by atoms with van der Waals surface area (Å²) in [5.41, 5.74) is 0.596. The Morgan fingerprint density at radius 2 is 1.79 bits per heavy atom. The predicted octanol–water partition coefficient (Wildman–Crippen LogP) is -0.379. The SMILES string of the molecule is N#CN1c2ccnc3nnnc(c23)N(C#N)N1C#N. The van der Waals surface area contributed by atoms with Crippen LogP contribution < -0.4 is 10.0 Å². The minimum Gasteiger partial charge on any atom is -0.235 e. The van der Waals surface area contributed by atoms with Crippen molar-refractivity contribution in [1.29, 1.82) is 15.8 Å². The monoisotopic (exact) mass is 250 g/mol. The van der Waals surface area contributed by atoms with Crippen molar-refractivity contribution in [2.75, 3.05) is 10.0 Å². The Labute approximate surface area is 105 Å². The van der Waals surface area contributed by atoms with Crippen LogP contribution in [0.2, 0.25) is 0 Å². The van der Waals surface area contributed by atoms with Gasteiger partial charge in [0.2, 0.25) is 24.4 Å². The van der Waals surface area contributed by atoms with Crippen LogP contribution in [0.4, 0.5) is 11.5 Å². The zero-order valence-electron chi connectivity index (χ0n) is 9.13. The van der Waals surface area contributed by atoms with E-state index < -0.39 is 0 Å². The van der Waals surface area contributed by atoms with Crippen LogP contribution >= 0.6 is 0 Å². The highest BCUT2D eigenvalue weighted by Gasteiger charge is 2.34. The van der Waals surface area contributed by atoms with Gasteiger partial charge < -0.3 is 0 Å². The molecular weight excluding hydrogens is 248 g/mol. The molecule has 19 heavy (non-hydrogen) atoms. The van der Waals surface area contributed by atoms with Gasteiger partial charge in [0.1, 0.15) is 0 Å². The lowest BCUT2D eigenvalue weighted by Gasteiger charge is -2.34. The first kappa shape index (κ1) is 10.4. The zero-order valence-corrected chi connectivity index (χ0v) is 9.13. The predicted molar refractivity (Wildman–Crippen MR) is 58.8 cm³/mol. The third kappa shape index (κ3) is 1.21. The number of rotatable bonds is 0. The average molecular weight is 250 g/mol. The summed E-state index contributed by atoms with van der Waals surface area (Å²) in [5.74, 6) is 0.101. The Morgan fingerprint density at radius 1 is 1.00 bits per heavy atom. The van der Waals surface area contributed by atoms with Gasteiger partial charge in [0.15, 0.2) is 5.65 Å². The summed E-state index contributed by atoms with van der Waals surface area (Å²) in [4.78, 5) is 3.99. The smallest absolute Gasteiger partial charge is 0.224 e. The van der Waals surface area contributed by atoms with Crippen molar-refractivity contribution < 1.29 is 0 Å². The van der Waals surface area contributed by atoms with Crippen molar-refractivity contribution in [2.24, 2.45) is 0 Å². The van der Waals surface area contributed by atoms with Gasteiger partial charge in [-0.3, -0.25) is 0 Å². The second-order valence-corrected chi connectivity index (χ2v) is 3.35. The number of anilines is 2. The molecule has 0 radical (unpaired) electrons. The molecule has 10 heteroatoms. The molecule has 0 spiro atoms. The van der Waals surface area contributed by atoms with Gasteiger partial charge in [-0.05, 0) is 11.3 Å². The maximum absolute atomic E-state index is 9.15. The highest BCUT2D eigenvalue weighted by molar-refractivity contribution is 6.00. The van der Waals surface area contributed by atoms with Crippen molar-refractivity contribution in [3.8, 4) is 18.6 Å². The molecule has 1 aliphatic heterocycles. The summed E-state index contributed by atoms with van der Waals surface area (Å²) in [7, 11) is 0. The molecule has 1 aliphatic rings. The van der Waals surface area contributed by atoms with Crippen LogP contribution in [0.1, 0.15) is 0 Å². The molecule has 3 rings (SSSR count). The molecule has 0 atom stereocenters. The van der Waals surface area contributed by atoms with Crippen molar-refractivity contribution >= 4 is 22.5 Å². The van der Waals surface area contributed by atoms with E-state index in [-0.39, 0.29) is 11.5 Å². The van der Waals surface area contributed by atoms with E-state index in [1.54, 1.807) is 12.4 Å². The largest absolute Gasteiger partial charge is 0.235 e. The Morgan fingerprint density at radius 3 is 2.47 bits per heavy atom. The Kier molecular flexibility index (Phi) is 2.01. The van der Waals surface area contributed by atoms with Crippen LogP contribution in [0.3, 0.4) is 0 Å². The molecule has 0 aliphatic carbocycles.